The number of nitrogens with zero attached hydrogens (tertiary/aromatic N) is 2. The Morgan fingerprint density at radius 1 is 1.11 bits per heavy atom. The van der Waals surface area contributed by atoms with Gasteiger partial charge in [0.1, 0.15) is 6.54 Å². The Morgan fingerprint density at radius 2 is 1.82 bits per heavy atom. The van der Waals surface area contributed by atoms with Crippen LogP contribution in [-0.4, -0.2) is 36.1 Å². The second kappa shape index (κ2) is 9.21. The summed E-state index contributed by atoms with van der Waals surface area (Å²) >= 11 is 0. The van der Waals surface area contributed by atoms with Crippen molar-refractivity contribution in [2.75, 3.05) is 29.9 Å². The van der Waals surface area contributed by atoms with E-state index >= 15 is 0 Å². The molecule has 0 bridgehead atoms. The third-order valence-corrected chi connectivity index (χ3v) is 4.86. The molecule has 7 heteroatoms. The minimum atomic E-state index is -0.641. The topological polar surface area (TPSA) is 80.6 Å². The van der Waals surface area contributed by atoms with Crippen LogP contribution < -0.4 is 15.8 Å². The van der Waals surface area contributed by atoms with Crippen LogP contribution in [0.15, 0.2) is 53.5 Å². The lowest BCUT2D eigenvalue weighted by Crippen LogP contribution is -2.32. The predicted octanol–water partition coefficient (Wildman–Crippen LogP) is 2.27. The van der Waals surface area contributed by atoms with E-state index in [9.17, 15) is 14.4 Å². The molecule has 7 nitrogen and oxygen atoms in total. The van der Waals surface area contributed by atoms with Gasteiger partial charge in [-0.15, -0.1) is 0 Å². The fourth-order valence-corrected chi connectivity index (χ4v) is 3.14. The van der Waals surface area contributed by atoms with E-state index in [1.54, 1.807) is 12.1 Å². The third kappa shape index (κ3) is 5.45. The number of piperidine rings is 1. The van der Waals surface area contributed by atoms with Crippen LogP contribution in [-0.2, 0) is 20.9 Å². The van der Waals surface area contributed by atoms with Gasteiger partial charge in [-0.05, 0) is 49.1 Å². The Bertz CT molecular complexity index is 868. The van der Waals surface area contributed by atoms with Gasteiger partial charge in [-0.3, -0.25) is 14.4 Å². The summed E-state index contributed by atoms with van der Waals surface area (Å²) in [6.45, 7) is 3.75. The molecule has 3 rings (SSSR count). The van der Waals surface area contributed by atoms with E-state index in [4.69, 9.17) is 4.74 Å². The van der Waals surface area contributed by atoms with E-state index in [0.29, 0.717) is 5.69 Å². The molecule has 0 unspecified atom stereocenters. The van der Waals surface area contributed by atoms with E-state index in [1.807, 2.05) is 24.3 Å². The third-order valence-electron chi connectivity index (χ3n) is 4.86. The highest BCUT2D eigenvalue weighted by Crippen LogP contribution is 2.24. The van der Waals surface area contributed by atoms with Crippen LogP contribution in [0.2, 0.25) is 0 Å². The number of hydrogen-bond donors (Lipinski definition) is 1. The number of aromatic nitrogens is 1. The number of rotatable bonds is 6. The first-order valence-electron chi connectivity index (χ1n) is 9.47. The lowest BCUT2D eigenvalue weighted by Gasteiger charge is -2.32. The molecule has 0 saturated carbocycles. The number of pyridine rings is 1. The Labute approximate surface area is 163 Å². The summed E-state index contributed by atoms with van der Waals surface area (Å²) in [5.74, 6) is -0.288. The molecule has 0 radical (unpaired) electrons. The average molecular weight is 383 g/mol. The zero-order valence-electron chi connectivity index (χ0n) is 16.0. The van der Waals surface area contributed by atoms with Crippen molar-refractivity contribution in [3.05, 3.63) is 59.0 Å². The van der Waals surface area contributed by atoms with Gasteiger partial charge in [0.05, 0.1) is 0 Å². The maximum Gasteiger partial charge on any atom is 0.326 e. The molecule has 148 valence electrons. The van der Waals surface area contributed by atoms with E-state index in [-0.39, 0.29) is 12.1 Å². The Hall–Kier alpha value is -3.09. The van der Waals surface area contributed by atoms with Crippen molar-refractivity contribution < 1.29 is 14.3 Å². The summed E-state index contributed by atoms with van der Waals surface area (Å²) < 4.78 is 6.17. The lowest BCUT2D eigenvalue weighted by molar-refractivity contribution is -0.147. The van der Waals surface area contributed by atoms with Gasteiger partial charge in [0.15, 0.2) is 6.61 Å². The highest BCUT2D eigenvalue weighted by atomic mass is 16.5. The average Bonchev–Trinajstić information content (AvgIpc) is 2.69. The summed E-state index contributed by atoms with van der Waals surface area (Å²) in [4.78, 5) is 37.7. The molecule has 1 aliphatic heterocycles. The van der Waals surface area contributed by atoms with Gasteiger partial charge in [0, 0.05) is 36.7 Å². The summed E-state index contributed by atoms with van der Waals surface area (Å²) in [6, 6.07) is 12.3. The smallest absolute Gasteiger partial charge is 0.326 e. The number of nitrogens with one attached hydrogen (secondary N) is 1. The fourth-order valence-electron chi connectivity index (χ4n) is 3.14. The molecule has 1 saturated heterocycles. The van der Waals surface area contributed by atoms with Crippen LogP contribution in [0.25, 0.3) is 0 Å². The van der Waals surface area contributed by atoms with Crippen LogP contribution in [0.4, 0.5) is 11.4 Å². The van der Waals surface area contributed by atoms with E-state index < -0.39 is 18.5 Å². The number of carbonyl (C=O) groups excluding carboxylic acids is 2. The first-order chi connectivity index (χ1) is 13.5. The van der Waals surface area contributed by atoms with Crippen molar-refractivity contribution in [2.24, 2.45) is 5.92 Å². The molecule has 1 amide bonds. The largest absolute Gasteiger partial charge is 0.454 e. The minimum absolute atomic E-state index is 0.226. The standard InChI is InChI=1S/C21H25N3O4/c1-16-9-12-23(13-10-16)18-7-5-17(6-8-18)22-19(25)15-28-21(27)14-24-11-3-2-4-20(24)26/h2-8,11,16H,9-10,12-15H2,1H3,(H,22,25). The Balaban J connectivity index is 1.45. The Kier molecular flexibility index (Phi) is 6.47. The lowest BCUT2D eigenvalue weighted by atomic mass is 9.99. The normalized spacial score (nSPS) is 14.5. The second-order valence-electron chi connectivity index (χ2n) is 7.09. The molecule has 1 aromatic carbocycles. The monoisotopic (exact) mass is 383 g/mol. The zero-order chi connectivity index (χ0) is 19.9. The predicted molar refractivity (Wildman–Crippen MR) is 107 cm³/mol. The molecule has 2 heterocycles. The minimum Gasteiger partial charge on any atom is -0.454 e. The maximum absolute atomic E-state index is 12.0. The van der Waals surface area contributed by atoms with Crippen LogP contribution in [0.1, 0.15) is 19.8 Å². The summed E-state index contributed by atoms with van der Waals surface area (Å²) in [6.07, 6.45) is 3.88. The van der Waals surface area contributed by atoms with Crippen molar-refractivity contribution in [1.82, 2.24) is 4.57 Å². The molecule has 1 fully saturated rings. The second-order valence-corrected chi connectivity index (χ2v) is 7.09. The number of benzene rings is 1. The number of carbonyl (C=O) groups is 2. The van der Waals surface area contributed by atoms with Crippen molar-refractivity contribution in [1.29, 1.82) is 0 Å². The highest BCUT2D eigenvalue weighted by Gasteiger charge is 2.16. The molecule has 1 aliphatic rings. The summed E-state index contributed by atoms with van der Waals surface area (Å²) in [7, 11) is 0. The fraction of sp³-hybridized carbons (Fsp3) is 0.381. The first kappa shape index (κ1) is 19.7. The van der Waals surface area contributed by atoms with Crippen LogP contribution in [0.3, 0.4) is 0 Å². The van der Waals surface area contributed by atoms with Crippen LogP contribution in [0.5, 0.6) is 0 Å². The van der Waals surface area contributed by atoms with E-state index in [0.717, 1.165) is 24.7 Å². The molecule has 1 aromatic heterocycles. The van der Waals surface area contributed by atoms with Crippen LogP contribution in [0, 0.1) is 5.92 Å². The van der Waals surface area contributed by atoms with Gasteiger partial charge >= 0.3 is 5.97 Å². The SMILES string of the molecule is CC1CCN(c2ccc(NC(=O)COC(=O)Cn3ccccc3=O)cc2)CC1. The van der Waals surface area contributed by atoms with Gasteiger partial charge in [0.2, 0.25) is 0 Å². The van der Waals surface area contributed by atoms with Gasteiger partial charge < -0.3 is 19.5 Å². The molecule has 0 atom stereocenters. The molecule has 1 N–H and O–H groups in total. The van der Waals surface area contributed by atoms with Crippen molar-refractivity contribution in [3.63, 3.8) is 0 Å². The number of hydrogen-bond acceptors (Lipinski definition) is 5. The quantitative estimate of drug-likeness (QED) is 0.774. The Morgan fingerprint density at radius 3 is 2.50 bits per heavy atom. The van der Waals surface area contributed by atoms with Crippen molar-refractivity contribution in [2.45, 2.75) is 26.3 Å². The number of anilines is 2. The molecule has 0 spiro atoms. The van der Waals surface area contributed by atoms with E-state index in [2.05, 4.69) is 17.1 Å². The number of amides is 1. The maximum atomic E-state index is 12.0. The van der Waals surface area contributed by atoms with Crippen molar-refractivity contribution >= 4 is 23.3 Å². The number of ether oxygens (including phenoxy) is 1. The number of esters is 1. The highest BCUT2D eigenvalue weighted by molar-refractivity contribution is 5.92. The molecule has 28 heavy (non-hydrogen) atoms. The summed E-state index contributed by atoms with van der Waals surface area (Å²) in [5.41, 5.74) is 1.49. The molecular formula is C21H25N3O4. The van der Waals surface area contributed by atoms with Crippen molar-refractivity contribution in [3.8, 4) is 0 Å². The molecular weight excluding hydrogens is 358 g/mol. The van der Waals surface area contributed by atoms with Gasteiger partial charge in [-0.25, -0.2) is 0 Å². The van der Waals surface area contributed by atoms with Gasteiger partial charge in [-0.2, -0.15) is 0 Å². The zero-order valence-corrected chi connectivity index (χ0v) is 16.0. The van der Waals surface area contributed by atoms with Gasteiger partial charge in [-0.1, -0.05) is 13.0 Å². The molecule has 2 aromatic rings. The first-order valence-corrected chi connectivity index (χ1v) is 9.47. The van der Waals surface area contributed by atoms with Gasteiger partial charge in [0.25, 0.3) is 11.5 Å². The van der Waals surface area contributed by atoms with E-state index in [1.165, 1.54) is 29.7 Å². The van der Waals surface area contributed by atoms with Crippen LogP contribution >= 0.6 is 0 Å². The molecule has 0 aliphatic carbocycles. The summed E-state index contributed by atoms with van der Waals surface area (Å²) in [5, 5.41) is 2.71.